The predicted molar refractivity (Wildman–Crippen MR) is 90.5 cm³/mol. The highest BCUT2D eigenvalue weighted by molar-refractivity contribution is 8.15. The van der Waals surface area contributed by atoms with E-state index in [2.05, 4.69) is 31.0 Å². The van der Waals surface area contributed by atoms with Gasteiger partial charge < -0.3 is 9.84 Å². The SMILES string of the molecule is CCCCCCOc1ccc(C2=N[C@@H](CO)[C@H](C)S2)cc1. The fourth-order valence-electron chi connectivity index (χ4n) is 2.29. The standard InChI is InChI=1S/C17H25NO2S/c1-3-4-5-6-11-20-15-9-7-14(8-10-15)17-18-16(12-19)13(2)21-17/h7-10,13,16,19H,3-6,11-12H2,1-2H3/t13-,16-/m0/s1. The molecule has 3 nitrogen and oxygen atoms in total. The number of nitrogens with zero attached hydrogens (tertiary/aromatic N) is 1. The van der Waals surface area contributed by atoms with E-state index in [0.29, 0.717) is 5.25 Å². The molecule has 4 heteroatoms. The van der Waals surface area contributed by atoms with E-state index in [1.54, 1.807) is 11.8 Å². The number of thioether (sulfide) groups is 1. The molecule has 0 spiro atoms. The summed E-state index contributed by atoms with van der Waals surface area (Å²) in [4.78, 5) is 4.57. The lowest BCUT2D eigenvalue weighted by Crippen LogP contribution is -2.17. The van der Waals surface area contributed by atoms with Gasteiger partial charge in [0.25, 0.3) is 0 Å². The number of aliphatic hydroxyl groups excluding tert-OH is 1. The number of hydrogen-bond acceptors (Lipinski definition) is 4. The van der Waals surface area contributed by atoms with Crippen molar-refractivity contribution in [2.45, 2.75) is 50.8 Å². The zero-order valence-electron chi connectivity index (χ0n) is 12.9. The zero-order chi connectivity index (χ0) is 15.1. The lowest BCUT2D eigenvalue weighted by atomic mass is 10.2. The Morgan fingerprint density at radius 3 is 2.57 bits per heavy atom. The summed E-state index contributed by atoms with van der Waals surface area (Å²) in [7, 11) is 0. The zero-order valence-corrected chi connectivity index (χ0v) is 13.7. The summed E-state index contributed by atoms with van der Waals surface area (Å²) in [5.41, 5.74) is 1.11. The molecule has 0 radical (unpaired) electrons. The molecule has 0 aromatic heterocycles. The first-order valence-electron chi connectivity index (χ1n) is 7.83. The number of aliphatic imine (C=N–C) groups is 1. The van der Waals surface area contributed by atoms with Crippen molar-refractivity contribution < 1.29 is 9.84 Å². The van der Waals surface area contributed by atoms with Crippen molar-refractivity contribution in [1.29, 1.82) is 0 Å². The topological polar surface area (TPSA) is 41.8 Å². The highest BCUT2D eigenvalue weighted by atomic mass is 32.2. The van der Waals surface area contributed by atoms with Gasteiger partial charge in [-0.15, -0.1) is 11.8 Å². The van der Waals surface area contributed by atoms with E-state index in [9.17, 15) is 5.11 Å². The minimum absolute atomic E-state index is 0.0273. The van der Waals surface area contributed by atoms with Gasteiger partial charge in [-0.3, -0.25) is 4.99 Å². The summed E-state index contributed by atoms with van der Waals surface area (Å²) in [6.45, 7) is 5.23. The van der Waals surface area contributed by atoms with Crippen LogP contribution < -0.4 is 4.74 Å². The monoisotopic (exact) mass is 307 g/mol. The molecule has 0 amide bonds. The Labute approximate surface area is 131 Å². The molecule has 1 aromatic rings. The van der Waals surface area contributed by atoms with E-state index in [0.717, 1.165) is 29.4 Å². The maximum atomic E-state index is 9.26. The van der Waals surface area contributed by atoms with Crippen molar-refractivity contribution in [3.8, 4) is 5.75 Å². The number of hydrogen-bond donors (Lipinski definition) is 1. The van der Waals surface area contributed by atoms with Crippen LogP contribution in [-0.4, -0.2) is 34.7 Å². The van der Waals surface area contributed by atoms with Gasteiger partial charge in [0.15, 0.2) is 0 Å². The molecule has 1 heterocycles. The van der Waals surface area contributed by atoms with E-state index in [1.165, 1.54) is 19.3 Å². The highest BCUT2D eigenvalue weighted by Gasteiger charge is 2.26. The number of rotatable bonds is 8. The van der Waals surface area contributed by atoms with Crippen LogP contribution in [0.4, 0.5) is 0 Å². The van der Waals surface area contributed by atoms with Crippen molar-refractivity contribution in [2.75, 3.05) is 13.2 Å². The Kier molecular flexibility index (Phi) is 6.58. The number of benzene rings is 1. The van der Waals surface area contributed by atoms with Crippen molar-refractivity contribution in [1.82, 2.24) is 0 Å². The Balaban J connectivity index is 1.85. The van der Waals surface area contributed by atoms with Gasteiger partial charge in [-0.1, -0.05) is 33.1 Å². The summed E-state index contributed by atoms with van der Waals surface area (Å²) in [6.07, 6.45) is 4.89. The van der Waals surface area contributed by atoms with Gasteiger partial charge in [-0.05, 0) is 30.7 Å². The molecule has 0 bridgehead atoms. The van der Waals surface area contributed by atoms with Crippen molar-refractivity contribution >= 4 is 16.8 Å². The molecule has 116 valence electrons. The van der Waals surface area contributed by atoms with Gasteiger partial charge in [-0.2, -0.15) is 0 Å². The number of unbranched alkanes of at least 4 members (excludes halogenated alkanes) is 3. The second kappa shape index (κ2) is 8.44. The van der Waals surface area contributed by atoms with E-state index >= 15 is 0 Å². The molecule has 0 aliphatic carbocycles. The fourth-order valence-corrected chi connectivity index (χ4v) is 3.41. The second-order valence-electron chi connectivity index (χ2n) is 5.44. The Morgan fingerprint density at radius 2 is 1.95 bits per heavy atom. The van der Waals surface area contributed by atoms with E-state index in [1.807, 2.05) is 12.1 Å². The van der Waals surface area contributed by atoms with Crippen LogP contribution in [0.5, 0.6) is 5.75 Å². The van der Waals surface area contributed by atoms with Gasteiger partial charge in [0.2, 0.25) is 0 Å². The molecular formula is C17H25NO2S. The first-order valence-corrected chi connectivity index (χ1v) is 8.71. The van der Waals surface area contributed by atoms with Crippen LogP contribution in [0, 0.1) is 0 Å². The quantitative estimate of drug-likeness (QED) is 0.741. The summed E-state index contributed by atoms with van der Waals surface area (Å²) in [6, 6.07) is 8.16. The molecule has 0 fully saturated rings. The molecule has 0 saturated heterocycles. The van der Waals surface area contributed by atoms with Crippen molar-refractivity contribution in [2.24, 2.45) is 4.99 Å². The van der Waals surface area contributed by atoms with Gasteiger partial charge in [0, 0.05) is 10.8 Å². The average molecular weight is 307 g/mol. The van der Waals surface area contributed by atoms with Crippen molar-refractivity contribution in [3.63, 3.8) is 0 Å². The van der Waals surface area contributed by atoms with Crippen LogP contribution in [0.3, 0.4) is 0 Å². The molecule has 1 aliphatic rings. The van der Waals surface area contributed by atoms with Crippen molar-refractivity contribution in [3.05, 3.63) is 29.8 Å². The molecule has 1 N–H and O–H groups in total. The molecule has 0 unspecified atom stereocenters. The van der Waals surface area contributed by atoms with E-state index < -0.39 is 0 Å². The predicted octanol–water partition coefficient (Wildman–Crippen LogP) is 3.89. The lowest BCUT2D eigenvalue weighted by molar-refractivity contribution is 0.268. The van der Waals surface area contributed by atoms with Crippen LogP contribution in [-0.2, 0) is 0 Å². The number of aliphatic hydroxyl groups is 1. The molecule has 2 rings (SSSR count). The summed E-state index contributed by atoms with van der Waals surface area (Å²) >= 11 is 1.73. The van der Waals surface area contributed by atoms with Gasteiger partial charge in [-0.25, -0.2) is 0 Å². The summed E-state index contributed by atoms with van der Waals surface area (Å²) in [5.74, 6) is 0.922. The molecule has 2 atom stereocenters. The fraction of sp³-hybridized carbons (Fsp3) is 0.588. The smallest absolute Gasteiger partial charge is 0.119 e. The van der Waals surface area contributed by atoms with Crippen LogP contribution in [0.15, 0.2) is 29.3 Å². The molecule has 0 saturated carbocycles. The second-order valence-corrected chi connectivity index (χ2v) is 6.81. The van der Waals surface area contributed by atoms with Crippen LogP contribution in [0.2, 0.25) is 0 Å². The van der Waals surface area contributed by atoms with E-state index in [4.69, 9.17) is 4.74 Å². The summed E-state index contributed by atoms with van der Waals surface area (Å²) in [5, 5.41) is 10.6. The Hall–Kier alpha value is -1.00. The Bertz CT molecular complexity index is 458. The minimum Gasteiger partial charge on any atom is -0.494 e. The maximum Gasteiger partial charge on any atom is 0.119 e. The molecule has 1 aromatic carbocycles. The third-order valence-corrected chi connectivity index (χ3v) is 4.93. The normalized spacial score (nSPS) is 21.4. The van der Waals surface area contributed by atoms with Crippen LogP contribution in [0.25, 0.3) is 0 Å². The van der Waals surface area contributed by atoms with Gasteiger partial charge in [0.1, 0.15) is 5.75 Å². The highest BCUT2D eigenvalue weighted by Crippen LogP contribution is 2.30. The average Bonchev–Trinajstić information content (AvgIpc) is 2.89. The first kappa shape index (κ1) is 16.4. The lowest BCUT2D eigenvalue weighted by Gasteiger charge is -2.07. The van der Waals surface area contributed by atoms with Crippen LogP contribution >= 0.6 is 11.8 Å². The van der Waals surface area contributed by atoms with E-state index in [-0.39, 0.29) is 12.6 Å². The Morgan fingerprint density at radius 1 is 1.19 bits per heavy atom. The largest absolute Gasteiger partial charge is 0.494 e. The molecule has 21 heavy (non-hydrogen) atoms. The van der Waals surface area contributed by atoms with Gasteiger partial charge in [0.05, 0.1) is 24.3 Å². The third-order valence-electron chi connectivity index (χ3n) is 3.68. The summed E-state index contributed by atoms with van der Waals surface area (Å²) < 4.78 is 5.75. The van der Waals surface area contributed by atoms with Gasteiger partial charge >= 0.3 is 0 Å². The third kappa shape index (κ3) is 4.75. The molecular weight excluding hydrogens is 282 g/mol. The first-order chi connectivity index (χ1) is 10.2. The number of ether oxygens (including phenoxy) is 1. The minimum atomic E-state index is 0.0273. The van der Waals surface area contributed by atoms with Crippen LogP contribution in [0.1, 0.15) is 45.1 Å². The maximum absolute atomic E-state index is 9.26. The molecule has 1 aliphatic heterocycles.